The number of ether oxygens (including phenoxy) is 5. The number of benzene rings is 1. The lowest BCUT2D eigenvalue weighted by Crippen LogP contribution is -2.67. The van der Waals surface area contributed by atoms with Gasteiger partial charge in [0.1, 0.15) is 5.75 Å². The molecule has 3 rings (SSSR count). The Hall–Kier alpha value is -1.69. The molecular formula is C66H120O9Si3. The SMILES string of the molecule is COc1ccc([C@@H]2O[C@H]([C@H](C)CC[C@H](OC)/C(C)=C/C[C@@H](C)C[C@H](/C=C/C[C@@H]3O[Si](C(C)(C)C)(C(C)(C)C)O[C@@H]([C@@H](C)CO[Si](C(C)C)(C(C)C)C(C)C)[C@@H]3C)OC)[C@H](C)[C@@H](C/C=C/C=C/CO[Si](C)(C)C(C)(C)C)O2)cc1. The number of allylic oxidation sites excluding steroid dienone is 3. The van der Waals surface area contributed by atoms with Gasteiger partial charge in [0.25, 0.3) is 0 Å². The Labute approximate surface area is 483 Å². The van der Waals surface area contributed by atoms with Crippen LogP contribution in [0.25, 0.3) is 0 Å². The summed E-state index contributed by atoms with van der Waals surface area (Å²) >= 11 is 0. The molecule has 12 atom stereocenters. The molecule has 9 nitrogen and oxygen atoms in total. The van der Waals surface area contributed by atoms with Crippen molar-refractivity contribution < 1.29 is 41.4 Å². The fourth-order valence-corrected chi connectivity index (χ4v) is 24.5. The minimum absolute atomic E-state index is 0.00150. The molecule has 0 amide bonds. The zero-order chi connectivity index (χ0) is 59.2. The Balaban J connectivity index is 1.70. The van der Waals surface area contributed by atoms with Gasteiger partial charge in [-0.25, -0.2) is 0 Å². The standard InChI is InChI=1S/C66H120O9Si3/c1-46(2)77(47(3)4,48(5)6)71-45-52(10)62-54(12)60(74-78(75-62,65(16,17)18)66(19,20)21)34-31-32-57(68-23)44-49(7)35-36-50(8)58(69-24)42-37-51(9)61-53(11)59(72-63(73-61)55-38-40-56(67-22)41-39-55)33-29-27-28-30-43-70-76(25,26)64(13,14)15/h27-32,36,38-41,46-49,51-54,57-63H,33-35,37,42-45H2,1-26H3/b29-27+,30-28+,32-31+,50-36+/t49-,51-,52+,53-,54-,57+,58+,59-,60+,61-,62+,63+/m1/s1. The Morgan fingerprint density at radius 3 is 1.76 bits per heavy atom. The van der Waals surface area contributed by atoms with Crippen molar-refractivity contribution in [2.45, 2.75) is 272 Å². The van der Waals surface area contributed by atoms with Crippen molar-refractivity contribution in [1.82, 2.24) is 0 Å². The van der Waals surface area contributed by atoms with E-state index in [4.69, 9.17) is 41.4 Å². The monoisotopic (exact) mass is 1140 g/mol. The van der Waals surface area contributed by atoms with Crippen LogP contribution in [0.4, 0.5) is 0 Å². The molecule has 2 aliphatic rings. The van der Waals surface area contributed by atoms with Gasteiger partial charge in [-0.05, 0) is 110 Å². The third kappa shape index (κ3) is 18.7. The molecule has 12 heteroatoms. The van der Waals surface area contributed by atoms with Gasteiger partial charge >= 0.3 is 8.56 Å². The van der Waals surface area contributed by atoms with E-state index >= 15 is 0 Å². The largest absolute Gasteiger partial charge is 0.497 e. The third-order valence-corrected chi connectivity index (χ3v) is 34.2. The van der Waals surface area contributed by atoms with E-state index in [0.717, 1.165) is 56.4 Å². The van der Waals surface area contributed by atoms with Crippen molar-refractivity contribution in [1.29, 1.82) is 0 Å². The maximum Gasteiger partial charge on any atom is 0.349 e. The van der Waals surface area contributed by atoms with Crippen LogP contribution in [0.15, 0.2) is 72.4 Å². The fourth-order valence-electron chi connectivity index (χ4n) is 12.7. The van der Waals surface area contributed by atoms with E-state index in [2.05, 4.69) is 213 Å². The Morgan fingerprint density at radius 2 is 1.23 bits per heavy atom. The highest BCUT2D eigenvalue weighted by molar-refractivity contribution is 6.77. The van der Waals surface area contributed by atoms with Gasteiger partial charge in [-0.15, -0.1) is 0 Å². The highest BCUT2D eigenvalue weighted by Gasteiger charge is 2.63. The van der Waals surface area contributed by atoms with Gasteiger partial charge < -0.3 is 41.4 Å². The van der Waals surface area contributed by atoms with Crippen molar-refractivity contribution in [2.24, 2.45) is 29.6 Å². The molecule has 0 aliphatic carbocycles. The molecule has 0 radical (unpaired) electrons. The average molecular weight is 1140 g/mol. The summed E-state index contributed by atoms with van der Waals surface area (Å²) in [4.78, 5) is 0. The van der Waals surface area contributed by atoms with Gasteiger partial charge in [0.15, 0.2) is 22.9 Å². The van der Waals surface area contributed by atoms with Crippen molar-refractivity contribution in [3.05, 3.63) is 77.9 Å². The van der Waals surface area contributed by atoms with Gasteiger partial charge in [-0.3, -0.25) is 0 Å². The molecule has 2 aliphatic heterocycles. The van der Waals surface area contributed by atoms with Crippen LogP contribution in [0.2, 0.25) is 44.8 Å². The van der Waals surface area contributed by atoms with Crippen molar-refractivity contribution >= 4 is 25.2 Å². The maximum atomic E-state index is 7.52. The summed E-state index contributed by atoms with van der Waals surface area (Å²) in [6.45, 7) is 54.9. The average Bonchev–Trinajstić information content (AvgIpc) is 3.38. The number of hydrogen-bond acceptors (Lipinski definition) is 9. The first-order valence-electron chi connectivity index (χ1n) is 30.4. The van der Waals surface area contributed by atoms with Gasteiger partial charge in [0.05, 0.1) is 50.3 Å². The second-order valence-electron chi connectivity index (χ2n) is 28.5. The quantitative estimate of drug-likeness (QED) is 0.0442. The predicted molar refractivity (Wildman–Crippen MR) is 337 cm³/mol. The topological polar surface area (TPSA) is 83.1 Å². The number of hydrogen-bond donors (Lipinski definition) is 0. The van der Waals surface area contributed by atoms with Gasteiger partial charge in [-0.1, -0.05) is 193 Å². The molecule has 0 N–H and O–H groups in total. The Morgan fingerprint density at radius 1 is 0.667 bits per heavy atom. The van der Waals surface area contributed by atoms with Crippen LogP contribution in [-0.4, -0.2) is 96.4 Å². The lowest BCUT2D eigenvalue weighted by Gasteiger charge is -2.58. The zero-order valence-corrected chi connectivity index (χ0v) is 57.8. The molecule has 2 saturated heterocycles. The maximum absolute atomic E-state index is 7.52. The Kier molecular flexibility index (Phi) is 27.8. The van der Waals surface area contributed by atoms with E-state index < -0.39 is 31.5 Å². The molecule has 2 fully saturated rings. The molecule has 2 heterocycles. The highest BCUT2D eigenvalue weighted by atomic mass is 28.4. The predicted octanol–water partition coefficient (Wildman–Crippen LogP) is 18.7. The minimum Gasteiger partial charge on any atom is -0.497 e. The van der Waals surface area contributed by atoms with Gasteiger partial charge in [0, 0.05) is 54.2 Å². The molecule has 0 spiro atoms. The van der Waals surface area contributed by atoms with Crippen LogP contribution < -0.4 is 4.74 Å². The zero-order valence-electron chi connectivity index (χ0n) is 54.8. The van der Waals surface area contributed by atoms with Gasteiger partial charge in [0.2, 0.25) is 0 Å². The van der Waals surface area contributed by atoms with Gasteiger partial charge in [-0.2, -0.15) is 0 Å². The van der Waals surface area contributed by atoms with E-state index in [1.54, 1.807) is 7.11 Å². The summed E-state index contributed by atoms with van der Waals surface area (Å²) in [7, 11) is -1.26. The molecule has 1 aromatic carbocycles. The number of rotatable bonds is 29. The summed E-state index contributed by atoms with van der Waals surface area (Å²) in [6, 6.07) is 8.07. The Bertz CT molecular complexity index is 1970. The summed E-state index contributed by atoms with van der Waals surface area (Å²) in [5.74, 6) is 2.15. The van der Waals surface area contributed by atoms with E-state index in [9.17, 15) is 0 Å². The third-order valence-electron chi connectivity index (χ3n) is 18.5. The van der Waals surface area contributed by atoms with Crippen LogP contribution in [-0.2, 0) is 36.7 Å². The van der Waals surface area contributed by atoms with Crippen molar-refractivity contribution in [3.63, 3.8) is 0 Å². The molecule has 0 bridgehead atoms. The van der Waals surface area contributed by atoms with E-state index in [1.165, 1.54) is 5.57 Å². The molecule has 0 unspecified atom stereocenters. The van der Waals surface area contributed by atoms with E-state index in [0.29, 0.717) is 29.1 Å². The molecule has 0 saturated carbocycles. The van der Waals surface area contributed by atoms with Crippen LogP contribution in [0, 0.1) is 29.6 Å². The van der Waals surface area contributed by atoms with Crippen molar-refractivity contribution in [3.8, 4) is 5.75 Å². The number of methoxy groups -OCH3 is 3. The molecule has 78 heavy (non-hydrogen) atoms. The highest BCUT2D eigenvalue weighted by Crippen LogP contribution is 2.57. The smallest absolute Gasteiger partial charge is 0.349 e. The van der Waals surface area contributed by atoms with Crippen molar-refractivity contribution in [2.75, 3.05) is 34.5 Å². The van der Waals surface area contributed by atoms with E-state index in [1.807, 2.05) is 26.4 Å². The van der Waals surface area contributed by atoms with Crippen LogP contribution >= 0.6 is 0 Å². The molecule has 1 aromatic rings. The molecule has 450 valence electrons. The molecule has 0 aromatic heterocycles. The normalized spacial score (nSPS) is 25.4. The second kappa shape index (κ2) is 30.7. The van der Waals surface area contributed by atoms with E-state index in [-0.39, 0.29) is 75.4 Å². The summed E-state index contributed by atoms with van der Waals surface area (Å²) in [6.07, 6.45) is 20.6. The first-order valence-corrected chi connectivity index (χ1v) is 37.3. The van der Waals surface area contributed by atoms with Crippen LogP contribution in [0.3, 0.4) is 0 Å². The summed E-state index contributed by atoms with van der Waals surface area (Å²) in [5.41, 5.74) is 3.89. The first-order chi connectivity index (χ1) is 36.1. The summed E-state index contributed by atoms with van der Waals surface area (Å²) < 4.78 is 60.0. The fraction of sp³-hybridized carbons (Fsp3) is 0.788. The van der Waals surface area contributed by atoms with Crippen LogP contribution in [0.5, 0.6) is 5.75 Å². The molecular weight excluding hydrogens is 1020 g/mol. The summed E-state index contributed by atoms with van der Waals surface area (Å²) in [5, 5.41) is -0.0673. The second-order valence-corrected chi connectivity index (χ2v) is 43.4. The lowest BCUT2D eigenvalue weighted by atomic mass is 9.83. The minimum atomic E-state index is -2.81. The first kappa shape index (κ1) is 70.6. The lowest BCUT2D eigenvalue weighted by molar-refractivity contribution is -0.280. The van der Waals surface area contributed by atoms with Crippen LogP contribution in [0.1, 0.15) is 196 Å².